The molecule has 34 heavy (non-hydrogen) atoms. The fourth-order valence-electron chi connectivity index (χ4n) is 3.95. The van der Waals surface area contributed by atoms with Gasteiger partial charge in [-0.3, -0.25) is 9.59 Å². The third kappa shape index (κ3) is 5.07. The van der Waals surface area contributed by atoms with E-state index in [9.17, 15) is 19.5 Å². The number of hydrogen-bond acceptors (Lipinski definition) is 7. The van der Waals surface area contributed by atoms with Crippen molar-refractivity contribution >= 4 is 18.0 Å². The first-order valence-corrected chi connectivity index (χ1v) is 10.6. The van der Waals surface area contributed by atoms with Crippen LogP contribution < -0.4 is 10.6 Å². The Kier molecular flexibility index (Phi) is 6.88. The Morgan fingerprint density at radius 1 is 1.03 bits per heavy atom. The van der Waals surface area contributed by atoms with Gasteiger partial charge in [-0.25, -0.2) is 9.78 Å². The molecule has 4 rings (SSSR count). The van der Waals surface area contributed by atoms with Crippen LogP contribution >= 0.6 is 0 Å². The van der Waals surface area contributed by atoms with Crippen molar-refractivity contribution in [3.63, 3.8) is 0 Å². The first-order valence-electron chi connectivity index (χ1n) is 10.6. The number of aliphatic hydroxyl groups excluding tert-OH is 1. The lowest BCUT2D eigenvalue weighted by atomic mass is 9.98. The highest BCUT2D eigenvalue weighted by molar-refractivity contribution is 5.93. The molecule has 2 amide bonds. The van der Waals surface area contributed by atoms with Gasteiger partial charge in [0.15, 0.2) is 17.8 Å². The molecule has 0 saturated heterocycles. The molecule has 0 fully saturated rings. The highest BCUT2D eigenvalue weighted by Gasteiger charge is 2.29. The first kappa shape index (κ1) is 23.0. The third-order valence-corrected chi connectivity index (χ3v) is 5.50. The zero-order chi connectivity index (χ0) is 24.1. The van der Waals surface area contributed by atoms with Crippen molar-refractivity contribution in [3.05, 3.63) is 77.5 Å². The van der Waals surface area contributed by atoms with Crippen LogP contribution in [0, 0.1) is 0 Å². The molecule has 0 saturated carbocycles. The monoisotopic (exact) mass is 465 g/mol. The summed E-state index contributed by atoms with van der Waals surface area (Å²) in [5.74, 6) is -1.83. The highest BCUT2D eigenvalue weighted by atomic mass is 16.5. The molecule has 1 aliphatic rings. The second-order valence-electron chi connectivity index (χ2n) is 7.76. The molecule has 10 heteroatoms. The molecule has 0 aliphatic heterocycles. The van der Waals surface area contributed by atoms with Gasteiger partial charge in [-0.15, -0.1) is 0 Å². The fourth-order valence-corrected chi connectivity index (χ4v) is 3.95. The van der Waals surface area contributed by atoms with Gasteiger partial charge in [0.05, 0.1) is 19.1 Å². The quantitative estimate of drug-likeness (QED) is 0.376. The number of amides is 2. The lowest BCUT2D eigenvalue weighted by Gasteiger charge is -2.14. The second-order valence-corrected chi connectivity index (χ2v) is 7.76. The minimum Gasteiger partial charge on any atom is -0.481 e. The van der Waals surface area contributed by atoms with Crippen molar-refractivity contribution in [1.82, 2.24) is 15.6 Å². The summed E-state index contributed by atoms with van der Waals surface area (Å²) in [5, 5.41) is 23.1. The number of aromatic nitrogens is 1. The number of carboxylic acid groups (broad SMARTS) is 1. The molecule has 10 nitrogen and oxygen atoms in total. The predicted molar refractivity (Wildman–Crippen MR) is 119 cm³/mol. The summed E-state index contributed by atoms with van der Waals surface area (Å²) in [6.07, 6.45) is -1.37. The molecule has 0 radical (unpaired) electrons. The van der Waals surface area contributed by atoms with Crippen LogP contribution in [0.25, 0.3) is 11.1 Å². The maximum absolute atomic E-state index is 12.3. The van der Waals surface area contributed by atoms with Crippen molar-refractivity contribution < 1.29 is 33.8 Å². The summed E-state index contributed by atoms with van der Waals surface area (Å²) < 4.78 is 10.6. The van der Waals surface area contributed by atoms with Crippen molar-refractivity contribution in [2.75, 3.05) is 13.2 Å². The van der Waals surface area contributed by atoms with E-state index in [-0.39, 0.29) is 37.1 Å². The van der Waals surface area contributed by atoms with E-state index in [1.807, 2.05) is 48.5 Å². The van der Waals surface area contributed by atoms with Gasteiger partial charge in [-0.2, -0.15) is 0 Å². The van der Waals surface area contributed by atoms with E-state index in [1.54, 1.807) is 0 Å². The molecule has 0 spiro atoms. The van der Waals surface area contributed by atoms with Crippen LogP contribution in [0.1, 0.15) is 39.7 Å². The molecule has 3 aromatic rings. The molecule has 0 bridgehead atoms. The van der Waals surface area contributed by atoms with E-state index in [0.717, 1.165) is 28.6 Å². The van der Waals surface area contributed by atoms with Crippen LogP contribution in [0.2, 0.25) is 0 Å². The van der Waals surface area contributed by atoms with E-state index < -0.39 is 30.5 Å². The number of aliphatic hydroxyl groups is 1. The van der Waals surface area contributed by atoms with Gasteiger partial charge < -0.3 is 30.0 Å². The van der Waals surface area contributed by atoms with Gasteiger partial charge in [0.1, 0.15) is 6.61 Å². The Morgan fingerprint density at radius 3 is 2.32 bits per heavy atom. The number of nitrogens with one attached hydrogen (secondary N) is 2. The van der Waals surface area contributed by atoms with Crippen LogP contribution in [-0.4, -0.2) is 52.4 Å². The molecule has 176 valence electrons. The number of alkyl carbamates (subject to hydrolysis) is 1. The Balaban J connectivity index is 1.31. The number of carbonyl (C=O) groups is 3. The number of hydrogen-bond donors (Lipinski definition) is 4. The van der Waals surface area contributed by atoms with Crippen molar-refractivity contribution in [2.45, 2.75) is 25.0 Å². The maximum atomic E-state index is 12.3. The number of rotatable bonds is 9. The van der Waals surface area contributed by atoms with Crippen molar-refractivity contribution in [1.29, 1.82) is 0 Å². The van der Waals surface area contributed by atoms with E-state index in [2.05, 4.69) is 15.6 Å². The van der Waals surface area contributed by atoms with Gasteiger partial charge >= 0.3 is 12.1 Å². The number of benzene rings is 2. The Labute approximate surface area is 194 Å². The lowest BCUT2D eigenvalue weighted by Crippen LogP contribution is -2.34. The van der Waals surface area contributed by atoms with E-state index in [4.69, 9.17) is 14.3 Å². The normalized spacial score (nSPS) is 13.0. The number of carboxylic acids is 1. The summed E-state index contributed by atoms with van der Waals surface area (Å²) >= 11 is 0. The molecular weight excluding hydrogens is 442 g/mol. The molecule has 1 aromatic heterocycles. The van der Waals surface area contributed by atoms with E-state index in [1.165, 1.54) is 0 Å². The average Bonchev–Trinajstić information content (AvgIpc) is 3.42. The van der Waals surface area contributed by atoms with Crippen LogP contribution in [0.15, 0.2) is 59.3 Å². The summed E-state index contributed by atoms with van der Waals surface area (Å²) in [6.45, 7) is -0.264. The lowest BCUT2D eigenvalue weighted by molar-refractivity contribution is -0.139. The second kappa shape index (κ2) is 10.2. The van der Waals surface area contributed by atoms with Crippen LogP contribution in [0.3, 0.4) is 0 Å². The fraction of sp³-hybridized carbons (Fsp3) is 0.250. The maximum Gasteiger partial charge on any atom is 0.407 e. The van der Waals surface area contributed by atoms with Gasteiger partial charge in [0.2, 0.25) is 0 Å². The number of aliphatic carboxylic acids is 1. The van der Waals surface area contributed by atoms with Crippen LogP contribution in [-0.2, 0) is 16.1 Å². The predicted octanol–water partition coefficient (Wildman–Crippen LogP) is 2.28. The summed E-state index contributed by atoms with van der Waals surface area (Å²) in [4.78, 5) is 39.0. The average molecular weight is 465 g/mol. The SMILES string of the molecule is O=C(O)CC(O)CNC(=O)c1ncoc1CNC(=O)OCC1c2ccccc2-c2ccccc21. The number of carbonyl (C=O) groups excluding carboxylic acids is 2. The number of nitrogens with zero attached hydrogens (tertiary/aromatic N) is 1. The standard InChI is InChI=1S/C24H23N3O7/c28-14(9-21(29)30)10-25-23(31)22-20(34-13-27-22)11-26-24(32)33-12-19-17-7-3-1-5-15(17)16-6-2-4-8-18(16)19/h1-8,13-14,19,28H,9-12H2,(H,25,31)(H,26,32)(H,29,30). The minimum atomic E-state index is -1.24. The molecule has 1 atom stereocenters. The molecule has 1 aliphatic carbocycles. The van der Waals surface area contributed by atoms with Crippen LogP contribution in [0.4, 0.5) is 4.79 Å². The number of fused-ring (bicyclic) bond motifs is 3. The topological polar surface area (TPSA) is 151 Å². The van der Waals surface area contributed by atoms with Gasteiger partial charge in [-0.1, -0.05) is 48.5 Å². The zero-order valence-corrected chi connectivity index (χ0v) is 18.1. The first-order chi connectivity index (χ1) is 16.4. The molecule has 4 N–H and O–H groups in total. The summed E-state index contributed by atoms with van der Waals surface area (Å²) in [6, 6.07) is 16.0. The Morgan fingerprint density at radius 2 is 1.68 bits per heavy atom. The number of oxazole rings is 1. The van der Waals surface area contributed by atoms with E-state index >= 15 is 0 Å². The molecule has 1 unspecified atom stereocenters. The minimum absolute atomic E-state index is 0.0815. The van der Waals surface area contributed by atoms with E-state index in [0.29, 0.717) is 0 Å². The summed E-state index contributed by atoms with van der Waals surface area (Å²) in [7, 11) is 0. The largest absolute Gasteiger partial charge is 0.481 e. The van der Waals surface area contributed by atoms with Gasteiger partial charge in [-0.05, 0) is 22.3 Å². The highest BCUT2D eigenvalue weighted by Crippen LogP contribution is 2.44. The molecular formula is C24H23N3O7. The Hall–Kier alpha value is -4.18. The van der Waals surface area contributed by atoms with Crippen molar-refractivity contribution in [2.24, 2.45) is 0 Å². The summed E-state index contributed by atoms with van der Waals surface area (Å²) in [5.41, 5.74) is 4.35. The zero-order valence-electron chi connectivity index (χ0n) is 18.1. The number of ether oxygens (including phenoxy) is 1. The Bertz CT molecular complexity index is 1160. The van der Waals surface area contributed by atoms with Gasteiger partial charge in [0, 0.05) is 12.5 Å². The van der Waals surface area contributed by atoms with Gasteiger partial charge in [0.25, 0.3) is 5.91 Å². The molecule has 2 aromatic carbocycles. The smallest absolute Gasteiger partial charge is 0.407 e. The molecule has 1 heterocycles. The van der Waals surface area contributed by atoms with Crippen molar-refractivity contribution in [3.8, 4) is 11.1 Å². The van der Waals surface area contributed by atoms with Crippen LogP contribution in [0.5, 0.6) is 0 Å². The third-order valence-electron chi connectivity index (χ3n) is 5.50.